The van der Waals surface area contributed by atoms with Gasteiger partial charge in [0.1, 0.15) is 0 Å². The summed E-state index contributed by atoms with van der Waals surface area (Å²) >= 11 is 0. The third-order valence-corrected chi connectivity index (χ3v) is 2.02. The summed E-state index contributed by atoms with van der Waals surface area (Å²) in [5, 5.41) is 15.0. The summed E-state index contributed by atoms with van der Waals surface area (Å²) in [5.74, 6) is -0.110. The molecule has 0 aromatic carbocycles. The smallest absolute Gasteiger partial charge is 0.236 e. The maximum Gasteiger partial charge on any atom is 0.236 e. The number of methoxy groups -OCH3 is 2. The molecule has 0 radical (unpaired) electrons. The first-order chi connectivity index (χ1) is 7.61. The van der Waals surface area contributed by atoms with E-state index in [1.54, 1.807) is 14.0 Å². The molecule has 3 N–H and O–H groups in total. The molecule has 0 fully saturated rings. The van der Waals surface area contributed by atoms with E-state index >= 15 is 0 Å². The summed E-state index contributed by atoms with van der Waals surface area (Å²) in [6, 6.07) is -0.344. The van der Waals surface area contributed by atoms with E-state index in [0.29, 0.717) is 19.7 Å². The van der Waals surface area contributed by atoms with Gasteiger partial charge < -0.3 is 25.2 Å². The lowest BCUT2D eigenvalue weighted by atomic mass is 10.3. The van der Waals surface area contributed by atoms with E-state index < -0.39 is 6.10 Å². The highest BCUT2D eigenvalue weighted by Gasteiger charge is 2.13. The third-order valence-electron chi connectivity index (χ3n) is 2.02. The normalized spacial score (nSPS) is 14.5. The fourth-order valence-electron chi connectivity index (χ4n) is 1.09. The number of aliphatic hydroxyl groups excluding tert-OH is 1. The summed E-state index contributed by atoms with van der Waals surface area (Å²) in [5.41, 5.74) is 0. The molecule has 96 valence electrons. The Kier molecular flexibility index (Phi) is 9.12. The molecule has 0 bridgehead atoms. The monoisotopic (exact) mass is 234 g/mol. The van der Waals surface area contributed by atoms with Crippen LogP contribution in [-0.4, -0.2) is 63.7 Å². The Bertz CT molecular complexity index is 190. The Morgan fingerprint density at radius 3 is 2.62 bits per heavy atom. The fraction of sp³-hybridized carbons (Fsp3) is 0.900. The first-order valence-electron chi connectivity index (χ1n) is 5.28. The van der Waals surface area contributed by atoms with Crippen LogP contribution in [0.15, 0.2) is 0 Å². The lowest BCUT2D eigenvalue weighted by molar-refractivity contribution is -0.123. The van der Waals surface area contributed by atoms with Gasteiger partial charge in [0.15, 0.2) is 0 Å². The van der Waals surface area contributed by atoms with Gasteiger partial charge in [0.2, 0.25) is 5.91 Å². The number of aliphatic hydroxyl groups is 1. The molecule has 6 nitrogen and oxygen atoms in total. The van der Waals surface area contributed by atoms with Crippen LogP contribution < -0.4 is 10.6 Å². The molecule has 0 aliphatic carbocycles. The molecule has 0 aromatic rings. The summed E-state index contributed by atoms with van der Waals surface area (Å²) < 4.78 is 9.58. The predicted octanol–water partition coefficient (Wildman–Crippen LogP) is -1.27. The SMILES string of the molecule is COCCNC(=O)C(C)NCC(O)COC. The maximum absolute atomic E-state index is 11.4. The largest absolute Gasteiger partial charge is 0.389 e. The van der Waals surface area contributed by atoms with Crippen LogP contribution in [0, 0.1) is 0 Å². The fourth-order valence-corrected chi connectivity index (χ4v) is 1.09. The van der Waals surface area contributed by atoms with Crippen molar-refractivity contribution < 1.29 is 19.4 Å². The highest BCUT2D eigenvalue weighted by atomic mass is 16.5. The van der Waals surface area contributed by atoms with Crippen LogP contribution in [0.2, 0.25) is 0 Å². The number of nitrogens with one attached hydrogen (secondary N) is 2. The Labute approximate surface area is 96.3 Å². The number of hydrogen-bond donors (Lipinski definition) is 3. The second-order valence-corrected chi connectivity index (χ2v) is 3.52. The van der Waals surface area contributed by atoms with Crippen molar-refractivity contribution in [2.75, 3.05) is 40.5 Å². The predicted molar refractivity (Wildman–Crippen MR) is 60.2 cm³/mol. The van der Waals surface area contributed by atoms with Crippen LogP contribution in [0.1, 0.15) is 6.92 Å². The maximum atomic E-state index is 11.4. The Morgan fingerprint density at radius 1 is 1.38 bits per heavy atom. The quantitative estimate of drug-likeness (QED) is 0.434. The summed E-state index contributed by atoms with van der Waals surface area (Å²) in [6.45, 7) is 3.30. The third kappa shape index (κ3) is 7.58. The number of carbonyl (C=O) groups is 1. The minimum Gasteiger partial charge on any atom is -0.389 e. The van der Waals surface area contributed by atoms with Crippen molar-refractivity contribution >= 4 is 5.91 Å². The van der Waals surface area contributed by atoms with Crippen molar-refractivity contribution in [2.45, 2.75) is 19.1 Å². The van der Waals surface area contributed by atoms with Gasteiger partial charge in [0, 0.05) is 27.3 Å². The number of ether oxygens (including phenoxy) is 2. The topological polar surface area (TPSA) is 79.8 Å². The first-order valence-corrected chi connectivity index (χ1v) is 5.28. The number of hydrogen-bond acceptors (Lipinski definition) is 5. The van der Waals surface area contributed by atoms with E-state index in [2.05, 4.69) is 10.6 Å². The zero-order valence-electron chi connectivity index (χ0n) is 10.2. The standard InChI is InChI=1S/C10H22N2O4/c1-8(10(14)11-4-5-15-2)12-6-9(13)7-16-3/h8-9,12-13H,4-7H2,1-3H3,(H,11,14). The number of rotatable bonds is 9. The molecule has 0 saturated heterocycles. The Hall–Kier alpha value is -0.690. The molecule has 0 saturated carbocycles. The van der Waals surface area contributed by atoms with Crippen LogP contribution >= 0.6 is 0 Å². The first kappa shape index (κ1) is 15.3. The Balaban J connectivity index is 3.62. The molecular weight excluding hydrogens is 212 g/mol. The average molecular weight is 234 g/mol. The summed E-state index contributed by atoms with van der Waals surface area (Å²) in [4.78, 5) is 11.4. The van der Waals surface area contributed by atoms with Crippen LogP contribution in [0.5, 0.6) is 0 Å². The van der Waals surface area contributed by atoms with E-state index in [-0.39, 0.29) is 18.6 Å². The van der Waals surface area contributed by atoms with Gasteiger partial charge in [-0.3, -0.25) is 4.79 Å². The van der Waals surface area contributed by atoms with Gasteiger partial charge >= 0.3 is 0 Å². The molecule has 0 heterocycles. The minimum atomic E-state index is -0.598. The molecule has 0 aliphatic heterocycles. The number of amides is 1. The van der Waals surface area contributed by atoms with Crippen molar-refractivity contribution in [2.24, 2.45) is 0 Å². The van der Waals surface area contributed by atoms with E-state index in [1.807, 2.05) is 0 Å². The molecule has 1 amide bonds. The van der Waals surface area contributed by atoms with Gasteiger partial charge in [-0.1, -0.05) is 0 Å². The van der Waals surface area contributed by atoms with Crippen molar-refractivity contribution in [1.29, 1.82) is 0 Å². The zero-order valence-corrected chi connectivity index (χ0v) is 10.2. The molecule has 0 spiro atoms. The molecular formula is C10H22N2O4. The molecule has 2 atom stereocenters. The van der Waals surface area contributed by atoms with Crippen LogP contribution in [-0.2, 0) is 14.3 Å². The van der Waals surface area contributed by atoms with Gasteiger partial charge in [-0.15, -0.1) is 0 Å². The zero-order chi connectivity index (χ0) is 12.4. The second kappa shape index (κ2) is 9.53. The van der Waals surface area contributed by atoms with E-state index in [0.717, 1.165) is 0 Å². The molecule has 16 heavy (non-hydrogen) atoms. The van der Waals surface area contributed by atoms with Gasteiger partial charge in [-0.2, -0.15) is 0 Å². The van der Waals surface area contributed by atoms with Gasteiger partial charge in [0.05, 0.1) is 25.4 Å². The lowest BCUT2D eigenvalue weighted by Gasteiger charge is -2.16. The van der Waals surface area contributed by atoms with Crippen LogP contribution in [0.3, 0.4) is 0 Å². The van der Waals surface area contributed by atoms with E-state index in [4.69, 9.17) is 9.47 Å². The van der Waals surface area contributed by atoms with Crippen molar-refractivity contribution in [3.05, 3.63) is 0 Å². The molecule has 2 unspecified atom stereocenters. The molecule has 6 heteroatoms. The summed E-state index contributed by atoms with van der Waals surface area (Å²) in [6.07, 6.45) is -0.598. The Morgan fingerprint density at radius 2 is 2.06 bits per heavy atom. The van der Waals surface area contributed by atoms with E-state index in [9.17, 15) is 9.90 Å². The minimum absolute atomic E-state index is 0.110. The molecule has 0 aromatic heterocycles. The summed E-state index contributed by atoms with van der Waals surface area (Å²) in [7, 11) is 3.10. The van der Waals surface area contributed by atoms with Crippen molar-refractivity contribution in [1.82, 2.24) is 10.6 Å². The van der Waals surface area contributed by atoms with Crippen LogP contribution in [0.4, 0.5) is 0 Å². The number of carbonyl (C=O) groups excluding carboxylic acids is 1. The average Bonchev–Trinajstić information content (AvgIpc) is 2.26. The lowest BCUT2D eigenvalue weighted by Crippen LogP contribution is -2.46. The van der Waals surface area contributed by atoms with Gasteiger partial charge in [-0.25, -0.2) is 0 Å². The van der Waals surface area contributed by atoms with Crippen molar-refractivity contribution in [3.63, 3.8) is 0 Å². The van der Waals surface area contributed by atoms with Crippen molar-refractivity contribution in [3.8, 4) is 0 Å². The molecule has 0 aliphatic rings. The highest BCUT2D eigenvalue weighted by Crippen LogP contribution is 1.86. The molecule has 0 rings (SSSR count). The van der Waals surface area contributed by atoms with Crippen LogP contribution in [0.25, 0.3) is 0 Å². The van der Waals surface area contributed by atoms with Gasteiger partial charge in [-0.05, 0) is 6.92 Å². The van der Waals surface area contributed by atoms with Gasteiger partial charge in [0.25, 0.3) is 0 Å². The highest BCUT2D eigenvalue weighted by molar-refractivity contribution is 5.81. The second-order valence-electron chi connectivity index (χ2n) is 3.52. The van der Waals surface area contributed by atoms with E-state index in [1.165, 1.54) is 7.11 Å².